The molecule has 15 nitrogen and oxygen atoms in total. The number of hydrogen-bond donors (Lipinski definition) is 10. The largest absolute Gasteiger partial charge is 0.508 e. The van der Waals surface area contributed by atoms with Crippen molar-refractivity contribution in [2.75, 3.05) is 13.1 Å². The zero-order valence-corrected chi connectivity index (χ0v) is 28.4. The van der Waals surface area contributed by atoms with Gasteiger partial charge in [0.05, 0.1) is 0 Å². The molecule has 49 heavy (non-hydrogen) atoms. The lowest BCUT2D eigenvalue weighted by Gasteiger charge is -2.27. The quantitative estimate of drug-likeness (QED) is 0.0496. The van der Waals surface area contributed by atoms with Crippen LogP contribution in [0, 0.1) is 19.3 Å². The first kappa shape index (κ1) is 40.0. The molecule has 0 unspecified atom stereocenters. The summed E-state index contributed by atoms with van der Waals surface area (Å²) in [5, 5.41) is 30.8. The van der Waals surface area contributed by atoms with Crippen molar-refractivity contribution in [3.8, 4) is 5.75 Å². The van der Waals surface area contributed by atoms with Gasteiger partial charge in [-0.15, -0.1) is 0 Å². The number of carbonyl (C=O) groups excluding carboxylic acids is 5. The summed E-state index contributed by atoms with van der Waals surface area (Å²) in [7, 11) is 0. The van der Waals surface area contributed by atoms with Crippen molar-refractivity contribution in [3.05, 3.63) is 64.7 Å². The number of nitrogens with two attached hydrogens (primary N) is 3. The standard InChI is InChI=1S/C34H51N9O6/c1-20-16-24(45)17-21(2)25(20)19-29(43-31(47)26(40-22(3)44)13-9-15-39-34(37)38)33(49)41-27(12-7-8-14-35)32(48)42-28(30(36)46)18-23-10-5-4-6-11-23/h4-6,10-11,16-17,26-29,45H,7-9,12-15,18-19,35H2,1-3H3,(H2,36,46)(H,40,44)(H,41,49)(H,42,48)(H,43,47)(H4,37,38,39)/t26-,27+,28+,29+/m1/s1. The van der Waals surface area contributed by atoms with Crippen molar-refractivity contribution >= 4 is 35.5 Å². The van der Waals surface area contributed by atoms with Crippen LogP contribution in [-0.4, -0.2) is 77.9 Å². The first-order chi connectivity index (χ1) is 23.2. The Balaban J connectivity index is 2.38. The Morgan fingerprint density at radius 2 is 1.29 bits per heavy atom. The van der Waals surface area contributed by atoms with E-state index in [-0.39, 0.29) is 43.9 Å². The highest BCUT2D eigenvalue weighted by Gasteiger charge is 2.31. The number of amides is 5. The number of rotatable bonds is 20. The number of phenolic OH excluding ortho intramolecular Hbond substituents is 1. The molecule has 2 aromatic carbocycles. The van der Waals surface area contributed by atoms with Gasteiger partial charge in [-0.2, -0.15) is 0 Å². The van der Waals surface area contributed by atoms with E-state index in [9.17, 15) is 29.1 Å². The molecule has 268 valence electrons. The van der Waals surface area contributed by atoms with Crippen molar-refractivity contribution in [1.82, 2.24) is 26.6 Å². The molecule has 0 radical (unpaired) electrons. The number of aromatic hydroxyl groups is 1. The average Bonchev–Trinajstić information content (AvgIpc) is 3.02. The number of hydrogen-bond acceptors (Lipinski definition) is 8. The minimum absolute atomic E-state index is 0.00323. The van der Waals surface area contributed by atoms with Crippen LogP contribution >= 0.6 is 0 Å². The zero-order valence-electron chi connectivity index (χ0n) is 28.4. The van der Waals surface area contributed by atoms with Gasteiger partial charge in [0.2, 0.25) is 29.5 Å². The summed E-state index contributed by atoms with van der Waals surface area (Å²) >= 11 is 0. The van der Waals surface area contributed by atoms with E-state index in [1.165, 1.54) is 6.92 Å². The number of phenols is 1. The van der Waals surface area contributed by atoms with Crippen molar-refractivity contribution in [2.45, 2.75) is 89.9 Å². The van der Waals surface area contributed by atoms with E-state index in [2.05, 4.69) is 26.6 Å². The molecule has 13 N–H and O–H groups in total. The Hall–Kier alpha value is -5.18. The predicted molar refractivity (Wildman–Crippen MR) is 186 cm³/mol. The second-order valence-corrected chi connectivity index (χ2v) is 12.1. The summed E-state index contributed by atoms with van der Waals surface area (Å²) < 4.78 is 0. The SMILES string of the molecule is CC(=O)N[C@H](CCCNC(=N)N)C(=O)N[C@@H](Cc1c(C)cc(O)cc1C)C(=O)N[C@@H](CCCCN)C(=O)N[C@@H](Cc1ccccc1)C(N)=O. The first-order valence-electron chi connectivity index (χ1n) is 16.3. The minimum atomic E-state index is -1.21. The summed E-state index contributed by atoms with van der Waals surface area (Å²) in [6, 6.07) is 7.76. The van der Waals surface area contributed by atoms with E-state index in [4.69, 9.17) is 22.6 Å². The number of nitrogens with one attached hydrogen (secondary N) is 6. The van der Waals surface area contributed by atoms with Crippen LogP contribution in [0.25, 0.3) is 0 Å². The number of carbonyl (C=O) groups is 5. The van der Waals surface area contributed by atoms with Crippen LogP contribution in [-0.2, 0) is 36.8 Å². The van der Waals surface area contributed by atoms with Crippen LogP contribution < -0.4 is 43.8 Å². The molecule has 0 bridgehead atoms. The smallest absolute Gasteiger partial charge is 0.243 e. The van der Waals surface area contributed by atoms with E-state index in [0.717, 1.165) is 5.56 Å². The fourth-order valence-electron chi connectivity index (χ4n) is 5.40. The van der Waals surface area contributed by atoms with Gasteiger partial charge in [0.15, 0.2) is 5.96 Å². The van der Waals surface area contributed by atoms with E-state index >= 15 is 0 Å². The lowest BCUT2D eigenvalue weighted by molar-refractivity contribution is -0.134. The van der Waals surface area contributed by atoms with Gasteiger partial charge >= 0.3 is 0 Å². The molecule has 15 heteroatoms. The van der Waals surface area contributed by atoms with Crippen LogP contribution in [0.15, 0.2) is 42.5 Å². The summed E-state index contributed by atoms with van der Waals surface area (Å²) in [6.07, 6.45) is 1.96. The van der Waals surface area contributed by atoms with Gasteiger partial charge < -0.3 is 48.9 Å². The van der Waals surface area contributed by atoms with Crippen molar-refractivity contribution in [2.24, 2.45) is 17.2 Å². The first-order valence-corrected chi connectivity index (χ1v) is 16.3. The molecule has 2 aromatic rings. The lowest BCUT2D eigenvalue weighted by Crippen LogP contribution is -2.58. The van der Waals surface area contributed by atoms with E-state index in [1.54, 1.807) is 50.2 Å². The van der Waals surface area contributed by atoms with Crippen LogP contribution in [0.4, 0.5) is 0 Å². The molecule has 5 amide bonds. The molecule has 0 fully saturated rings. The van der Waals surface area contributed by atoms with Crippen LogP contribution in [0.1, 0.15) is 61.3 Å². The zero-order chi connectivity index (χ0) is 36.5. The molecule has 0 saturated carbocycles. The minimum Gasteiger partial charge on any atom is -0.508 e. The van der Waals surface area contributed by atoms with Crippen LogP contribution in [0.3, 0.4) is 0 Å². The maximum absolute atomic E-state index is 14.0. The molecule has 0 heterocycles. The highest BCUT2D eigenvalue weighted by atomic mass is 16.3. The summed E-state index contributed by atoms with van der Waals surface area (Å²) in [5.41, 5.74) is 19.5. The molecular formula is C34H51N9O6. The Bertz CT molecular complexity index is 1430. The highest BCUT2D eigenvalue weighted by Crippen LogP contribution is 2.22. The summed E-state index contributed by atoms with van der Waals surface area (Å²) in [6.45, 7) is 5.44. The van der Waals surface area contributed by atoms with Gasteiger partial charge in [0.25, 0.3) is 0 Å². The second kappa shape index (κ2) is 20.2. The average molecular weight is 682 g/mol. The Morgan fingerprint density at radius 3 is 1.84 bits per heavy atom. The fourth-order valence-corrected chi connectivity index (χ4v) is 5.40. The van der Waals surface area contributed by atoms with Crippen LogP contribution in [0.2, 0.25) is 0 Å². The molecule has 0 aromatic heterocycles. The molecular weight excluding hydrogens is 630 g/mol. The maximum Gasteiger partial charge on any atom is 0.243 e. The molecule has 0 saturated heterocycles. The van der Waals surface area contributed by atoms with Crippen molar-refractivity contribution in [3.63, 3.8) is 0 Å². The lowest BCUT2D eigenvalue weighted by atomic mass is 9.95. The fraction of sp³-hybridized carbons (Fsp3) is 0.471. The molecule has 4 atom stereocenters. The molecule has 0 spiro atoms. The molecule has 2 rings (SSSR count). The number of aryl methyl sites for hydroxylation is 2. The van der Waals surface area contributed by atoms with Gasteiger partial charge in [-0.3, -0.25) is 29.4 Å². The third kappa shape index (κ3) is 14.2. The maximum atomic E-state index is 14.0. The van der Waals surface area contributed by atoms with Crippen LogP contribution in [0.5, 0.6) is 5.75 Å². The van der Waals surface area contributed by atoms with E-state index < -0.39 is 53.7 Å². The number of unbranched alkanes of at least 4 members (excludes halogenated alkanes) is 1. The normalized spacial score (nSPS) is 13.2. The van der Waals surface area contributed by atoms with E-state index in [1.807, 2.05) is 6.07 Å². The topological polar surface area (TPSA) is 268 Å². The monoisotopic (exact) mass is 681 g/mol. The summed E-state index contributed by atoms with van der Waals surface area (Å²) in [4.78, 5) is 65.5. The predicted octanol–water partition coefficient (Wildman–Crippen LogP) is -0.369. The third-order valence-corrected chi connectivity index (χ3v) is 7.92. The van der Waals surface area contributed by atoms with Gasteiger partial charge in [-0.05, 0) is 86.9 Å². The van der Waals surface area contributed by atoms with Gasteiger partial charge in [0.1, 0.15) is 29.9 Å². The van der Waals surface area contributed by atoms with Crippen molar-refractivity contribution in [1.29, 1.82) is 5.41 Å². The Kier molecular flexibility index (Phi) is 16.5. The highest BCUT2D eigenvalue weighted by molar-refractivity contribution is 5.95. The number of primary amides is 1. The van der Waals surface area contributed by atoms with Gasteiger partial charge in [-0.1, -0.05) is 30.3 Å². The Morgan fingerprint density at radius 1 is 0.755 bits per heavy atom. The molecule has 0 aliphatic heterocycles. The number of benzene rings is 2. The number of guanidine groups is 1. The van der Waals surface area contributed by atoms with Gasteiger partial charge in [0, 0.05) is 26.3 Å². The summed E-state index contributed by atoms with van der Waals surface area (Å²) in [5.74, 6) is -3.31. The van der Waals surface area contributed by atoms with Crippen molar-refractivity contribution < 1.29 is 29.1 Å². The van der Waals surface area contributed by atoms with Gasteiger partial charge in [-0.25, -0.2) is 0 Å². The molecule has 0 aliphatic carbocycles. The Labute approximate surface area is 287 Å². The van der Waals surface area contributed by atoms with E-state index in [0.29, 0.717) is 42.5 Å². The third-order valence-electron chi connectivity index (χ3n) is 7.92. The second-order valence-electron chi connectivity index (χ2n) is 12.1. The molecule has 0 aliphatic rings.